The van der Waals surface area contributed by atoms with Gasteiger partial charge in [-0.3, -0.25) is 9.59 Å². The number of hydrogen-bond acceptors (Lipinski definition) is 5. The molecule has 132 valence electrons. The third-order valence-electron chi connectivity index (χ3n) is 3.75. The van der Waals surface area contributed by atoms with E-state index in [1.54, 1.807) is 0 Å². The number of carbonyl (C=O) groups is 2. The molecular weight excluding hydrogens is 406 g/mol. The van der Waals surface area contributed by atoms with Crippen LogP contribution < -0.4 is 11.1 Å². The van der Waals surface area contributed by atoms with Crippen LogP contribution in [0.15, 0.2) is 33.9 Å². The van der Waals surface area contributed by atoms with E-state index in [2.05, 4.69) is 31.4 Å². The average molecular weight is 424 g/mol. The second-order valence-electron chi connectivity index (χ2n) is 5.80. The maximum Gasteiger partial charge on any atom is 0.234 e. The quantitative estimate of drug-likeness (QED) is 0.634. The maximum atomic E-state index is 12.2. The van der Waals surface area contributed by atoms with Gasteiger partial charge in [0, 0.05) is 23.4 Å². The molecule has 1 aliphatic carbocycles. The fourth-order valence-corrected chi connectivity index (χ4v) is 3.52. The Labute approximate surface area is 157 Å². The lowest BCUT2D eigenvalue weighted by atomic mass is 10.3. The number of benzene rings is 1. The van der Waals surface area contributed by atoms with Crippen molar-refractivity contribution in [2.24, 2.45) is 5.73 Å². The van der Waals surface area contributed by atoms with E-state index in [9.17, 15) is 9.59 Å². The molecule has 0 spiro atoms. The molecule has 0 radical (unpaired) electrons. The van der Waals surface area contributed by atoms with Gasteiger partial charge in [-0.15, -0.1) is 10.2 Å². The van der Waals surface area contributed by atoms with Gasteiger partial charge in [0.1, 0.15) is 5.82 Å². The number of nitrogens with one attached hydrogen (secondary N) is 1. The minimum atomic E-state index is -0.363. The Balaban J connectivity index is 1.63. The van der Waals surface area contributed by atoms with E-state index < -0.39 is 0 Å². The molecule has 1 aromatic carbocycles. The Morgan fingerprint density at radius 2 is 2.08 bits per heavy atom. The first kappa shape index (κ1) is 17.9. The van der Waals surface area contributed by atoms with Crippen LogP contribution in [0.25, 0.3) is 0 Å². The number of primary amides is 1. The van der Waals surface area contributed by atoms with Gasteiger partial charge in [0.05, 0.1) is 11.4 Å². The average Bonchev–Trinajstić information content (AvgIpc) is 3.34. The molecule has 3 rings (SSSR count). The van der Waals surface area contributed by atoms with Crippen molar-refractivity contribution in [1.82, 2.24) is 14.8 Å². The Hall–Kier alpha value is -1.87. The summed E-state index contributed by atoms with van der Waals surface area (Å²) in [7, 11) is 0. The van der Waals surface area contributed by atoms with Crippen LogP contribution in [0.2, 0.25) is 0 Å². The van der Waals surface area contributed by atoms with Crippen LogP contribution in [-0.2, 0) is 16.1 Å². The number of para-hydroxylation sites is 1. The highest BCUT2D eigenvalue weighted by molar-refractivity contribution is 9.10. The highest BCUT2D eigenvalue weighted by Gasteiger charge is 2.30. The number of nitrogens with zero attached hydrogens (tertiary/aromatic N) is 3. The van der Waals surface area contributed by atoms with Crippen LogP contribution in [0.4, 0.5) is 5.69 Å². The van der Waals surface area contributed by atoms with Gasteiger partial charge in [-0.2, -0.15) is 0 Å². The molecule has 1 aliphatic rings. The molecule has 0 saturated heterocycles. The second-order valence-corrected chi connectivity index (χ2v) is 7.60. The van der Waals surface area contributed by atoms with Gasteiger partial charge in [-0.25, -0.2) is 0 Å². The summed E-state index contributed by atoms with van der Waals surface area (Å²) in [4.78, 5) is 23.3. The van der Waals surface area contributed by atoms with Crippen molar-refractivity contribution in [2.75, 3.05) is 11.1 Å². The molecule has 1 fully saturated rings. The SMILES string of the molecule is NC(=O)CCn1c(SCC(=O)Nc2ccccc2Br)nnc1C1CC1. The maximum absolute atomic E-state index is 12.2. The molecule has 0 bridgehead atoms. The molecule has 9 heteroatoms. The molecule has 3 N–H and O–H groups in total. The fraction of sp³-hybridized carbons (Fsp3) is 0.375. The molecular formula is C16H18BrN5O2S. The summed E-state index contributed by atoms with van der Waals surface area (Å²) in [6.07, 6.45) is 2.40. The Kier molecular flexibility index (Phi) is 5.74. The van der Waals surface area contributed by atoms with Crippen LogP contribution in [0.5, 0.6) is 0 Å². The summed E-state index contributed by atoms with van der Waals surface area (Å²) < 4.78 is 2.74. The molecule has 0 aliphatic heterocycles. The van der Waals surface area contributed by atoms with Crippen molar-refractivity contribution >= 4 is 45.2 Å². The zero-order chi connectivity index (χ0) is 17.8. The number of hydrogen-bond donors (Lipinski definition) is 2. The van der Waals surface area contributed by atoms with Gasteiger partial charge < -0.3 is 15.6 Å². The molecule has 25 heavy (non-hydrogen) atoms. The molecule has 1 aromatic heterocycles. The van der Waals surface area contributed by atoms with Gasteiger partial charge in [0.15, 0.2) is 5.16 Å². The normalized spacial score (nSPS) is 13.6. The smallest absolute Gasteiger partial charge is 0.234 e. The summed E-state index contributed by atoms with van der Waals surface area (Å²) in [5.41, 5.74) is 5.98. The number of carbonyl (C=O) groups excluding carboxylic acids is 2. The summed E-state index contributed by atoms with van der Waals surface area (Å²) in [5.74, 6) is 1.01. The predicted molar refractivity (Wildman–Crippen MR) is 99.3 cm³/mol. The van der Waals surface area contributed by atoms with Crippen LogP contribution in [0.3, 0.4) is 0 Å². The van der Waals surface area contributed by atoms with E-state index in [1.807, 2.05) is 28.8 Å². The Morgan fingerprint density at radius 1 is 1.32 bits per heavy atom. The van der Waals surface area contributed by atoms with E-state index in [0.717, 1.165) is 28.8 Å². The van der Waals surface area contributed by atoms with Gasteiger partial charge in [-0.05, 0) is 40.9 Å². The van der Waals surface area contributed by atoms with Gasteiger partial charge in [-0.1, -0.05) is 23.9 Å². The highest BCUT2D eigenvalue weighted by Crippen LogP contribution is 2.40. The van der Waals surface area contributed by atoms with Crippen molar-refractivity contribution < 1.29 is 9.59 Å². The van der Waals surface area contributed by atoms with E-state index in [-0.39, 0.29) is 24.0 Å². The Morgan fingerprint density at radius 3 is 2.76 bits per heavy atom. The van der Waals surface area contributed by atoms with Crippen molar-refractivity contribution in [3.63, 3.8) is 0 Å². The number of anilines is 1. The van der Waals surface area contributed by atoms with Crippen LogP contribution in [-0.4, -0.2) is 32.3 Å². The third kappa shape index (κ3) is 4.82. The van der Waals surface area contributed by atoms with Gasteiger partial charge in [0.25, 0.3) is 0 Å². The van der Waals surface area contributed by atoms with E-state index >= 15 is 0 Å². The van der Waals surface area contributed by atoms with Crippen LogP contribution in [0, 0.1) is 0 Å². The molecule has 0 atom stereocenters. The molecule has 1 heterocycles. The predicted octanol–water partition coefficient (Wildman–Crippen LogP) is 2.52. The number of thioether (sulfide) groups is 1. The summed E-state index contributed by atoms with van der Waals surface area (Å²) in [6.45, 7) is 0.447. The number of nitrogens with two attached hydrogens (primary N) is 1. The lowest BCUT2D eigenvalue weighted by molar-refractivity contribution is -0.118. The van der Waals surface area contributed by atoms with Crippen molar-refractivity contribution in [3.05, 3.63) is 34.6 Å². The molecule has 2 amide bonds. The summed E-state index contributed by atoms with van der Waals surface area (Å²) in [5, 5.41) is 11.9. The van der Waals surface area contributed by atoms with Crippen LogP contribution in [0.1, 0.15) is 31.0 Å². The monoisotopic (exact) mass is 423 g/mol. The zero-order valence-corrected chi connectivity index (χ0v) is 15.8. The largest absolute Gasteiger partial charge is 0.370 e. The number of aromatic nitrogens is 3. The summed E-state index contributed by atoms with van der Waals surface area (Å²) in [6, 6.07) is 7.43. The van der Waals surface area contributed by atoms with Crippen molar-refractivity contribution in [3.8, 4) is 0 Å². The lowest BCUT2D eigenvalue weighted by Gasteiger charge is -2.09. The third-order valence-corrected chi connectivity index (χ3v) is 5.41. The van der Waals surface area contributed by atoms with E-state index in [0.29, 0.717) is 17.6 Å². The molecule has 7 nitrogen and oxygen atoms in total. The Bertz CT molecular complexity index is 791. The van der Waals surface area contributed by atoms with Crippen LogP contribution >= 0.6 is 27.7 Å². The molecule has 0 unspecified atom stereocenters. The number of rotatable bonds is 8. The topological polar surface area (TPSA) is 103 Å². The minimum Gasteiger partial charge on any atom is -0.370 e. The highest BCUT2D eigenvalue weighted by atomic mass is 79.9. The zero-order valence-electron chi connectivity index (χ0n) is 13.4. The van der Waals surface area contributed by atoms with Crippen molar-refractivity contribution in [2.45, 2.75) is 36.9 Å². The number of amides is 2. The van der Waals surface area contributed by atoms with E-state index in [4.69, 9.17) is 5.73 Å². The number of halogens is 1. The minimum absolute atomic E-state index is 0.130. The molecule has 1 saturated carbocycles. The lowest BCUT2D eigenvalue weighted by Crippen LogP contribution is -2.17. The van der Waals surface area contributed by atoms with E-state index in [1.165, 1.54) is 11.8 Å². The first-order chi connectivity index (χ1) is 12.0. The molecule has 2 aromatic rings. The first-order valence-electron chi connectivity index (χ1n) is 7.93. The van der Waals surface area contributed by atoms with Crippen molar-refractivity contribution in [1.29, 1.82) is 0 Å². The summed E-state index contributed by atoms with van der Waals surface area (Å²) >= 11 is 4.71. The standard InChI is InChI=1S/C16H18BrN5O2S/c17-11-3-1-2-4-12(11)19-14(24)9-25-16-21-20-15(10-5-6-10)22(16)8-7-13(18)23/h1-4,10H,5-9H2,(H2,18,23)(H,19,24). The fourth-order valence-electron chi connectivity index (χ4n) is 2.36. The van der Waals surface area contributed by atoms with Gasteiger partial charge >= 0.3 is 0 Å². The first-order valence-corrected chi connectivity index (χ1v) is 9.71. The van der Waals surface area contributed by atoms with Gasteiger partial charge in [0.2, 0.25) is 11.8 Å². The second kappa shape index (κ2) is 8.01.